The number of pyridine rings is 1. The molecule has 29 heavy (non-hydrogen) atoms. The summed E-state index contributed by atoms with van der Waals surface area (Å²) in [6.45, 7) is 4.20. The first-order chi connectivity index (χ1) is 13.9. The van der Waals surface area contributed by atoms with Crippen LogP contribution in [-0.2, 0) is 7.05 Å². The zero-order chi connectivity index (χ0) is 20.7. The van der Waals surface area contributed by atoms with Gasteiger partial charge in [0.25, 0.3) is 5.56 Å². The van der Waals surface area contributed by atoms with Gasteiger partial charge in [-0.25, -0.2) is 9.37 Å². The molecule has 0 saturated carbocycles. The van der Waals surface area contributed by atoms with E-state index in [0.29, 0.717) is 23.4 Å². The quantitative estimate of drug-likeness (QED) is 0.492. The minimum absolute atomic E-state index is 0.180. The third-order valence-electron chi connectivity index (χ3n) is 5.17. The molecule has 0 spiro atoms. The van der Waals surface area contributed by atoms with Gasteiger partial charge in [0, 0.05) is 25.0 Å². The topological polar surface area (TPSA) is 88.7 Å². The monoisotopic (exact) mass is 391 g/mol. The first-order valence-electron chi connectivity index (χ1n) is 9.32. The number of benzene rings is 2. The molecule has 2 heterocycles. The van der Waals surface area contributed by atoms with Gasteiger partial charge in [-0.05, 0) is 60.7 Å². The first-order valence-corrected chi connectivity index (χ1v) is 9.32. The molecule has 0 aliphatic carbocycles. The van der Waals surface area contributed by atoms with E-state index in [1.807, 2.05) is 43.7 Å². The Morgan fingerprint density at radius 3 is 2.79 bits per heavy atom. The molecular weight excluding hydrogens is 369 g/mol. The van der Waals surface area contributed by atoms with Crippen molar-refractivity contribution >= 4 is 39.5 Å². The number of rotatable bonds is 4. The van der Waals surface area contributed by atoms with Gasteiger partial charge in [-0.15, -0.1) is 0 Å². The molecule has 7 heteroatoms. The molecule has 2 aromatic carbocycles. The minimum atomic E-state index is -0.287. The lowest BCUT2D eigenvalue weighted by Crippen LogP contribution is -2.11. The van der Waals surface area contributed by atoms with E-state index in [9.17, 15) is 9.18 Å². The van der Waals surface area contributed by atoms with Crippen LogP contribution in [0.4, 0.5) is 16.0 Å². The van der Waals surface area contributed by atoms with Gasteiger partial charge in [0.15, 0.2) is 0 Å². The number of anilines is 2. The molecule has 148 valence electrons. The van der Waals surface area contributed by atoms with E-state index in [1.54, 1.807) is 12.1 Å². The zero-order valence-electron chi connectivity index (χ0n) is 16.5. The van der Waals surface area contributed by atoms with E-state index in [-0.39, 0.29) is 11.4 Å². The summed E-state index contributed by atoms with van der Waals surface area (Å²) in [5, 5.41) is 4.70. The van der Waals surface area contributed by atoms with Crippen molar-refractivity contribution in [3.63, 3.8) is 0 Å². The summed E-state index contributed by atoms with van der Waals surface area (Å²) < 4.78 is 15.3. The van der Waals surface area contributed by atoms with E-state index >= 15 is 0 Å². The standard InChI is InChI=1S/C22H22FN5O/c1-12-11-14(23)6-8-16(12)26-22-27-18-9-7-15-13(2)17(5-4-10-24)25-21(29)19(15)20(18)28(22)3/h4-9,11H,10,24H2,1-3H3,(H,25,29)(H,26,27). The summed E-state index contributed by atoms with van der Waals surface area (Å²) >= 11 is 0. The van der Waals surface area contributed by atoms with Gasteiger partial charge in [-0.3, -0.25) is 4.79 Å². The second-order valence-electron chi connectivity index (χ2n) is 7.07. The Bertz CT molecular complexity index is 1330. The molecular formula is C22H22FN5O. The van der Waals surface area contributed by atoms with Crippen LogP contribution in [0.3, 0.4) is 0 Å². The van der Waals surface area contributed by atoms with Crippen LogP contribution < -0.4 is 16.6 Å². The van der Waals surface area contributed by atoms with Crippen molar-refractivity contribution in [3.8, 4) is 0 Å². The Morgan fingerprint density at radius 1 is 1.28 bits per heavy atom. The van der Waals surface area contributed by atoms with Crippen LogP contribution in [0.2, 0.25) is 0 Å². The molecule has 4 aromatic rings. The molecule has 0 unspecified atom stereocenters. The average Bonchev–Trinajstić information content (AvgIpc) is 3.01. The highest BCUT2D eigenvalue weighted by Crippen LogP contribution is 2.29. The number of nitrogens with zero attached hydrogens (tertiary/aromatic N) is 2. The number of H-pyrrole nitrogens is 1. The Balaban J connectivity index is 1.92. The van der Waals surface area contributed by atoms with E-state index in [1.165, 1.54) is 12.1 Å². The largest absolute Gasteiger partial charge is 0.327 e. The van der Waals surface area contributed by atoms with E-state index < -0.39 is 0 Å². The lowest BCUT2D eigenvalue weighted by molar-refractivity contribution is 0.627. The summed E-state index contributed by atoms with van der Waals surface area (Å²) in [4.78, 5) is 20.5. The van der Waals surface area contributed by atoms with Crippen molar-refractivity contribution in [2.45, 2.75) is 13.8 Å². The molecule has 6 nitrogen and oxygen atoms in total. The van der Waals surface area contributed by atoms with Crippen LogP contribution in [-0.4, -0.2) is 21.1 Å². The summed E-state index contributed by atoms with van der Waals surface area (Å²) in [6, 6.07) is 8.36. The summed E-state index contributed by atoms with van der Waals surface area (Å²) in [5.41, 5.74) is 10.0. The zero-order valence-corrected chi connectivity index (χ0v) is 16.5. The summed E-state index contributed by atoms with van der Waals surface area (Å²) in [6.07, 6.45) is 3.63. The maximum atomic E-state index is 13.4. The second kappa shape index (κ2) is 7.18. The van der Waals surface area contributed by atoms with Gasteiger partial charge in [0.2, 0.25) is 5.95 Å². The highest BCUT2D eigenvalue weighted by Gasteiger charge is 2.16. The fourth-order valence-electron chi connectivity index (χ4n) is 3.62. The Hall–Kier alpha value is -3.45. The number of nitrogens with one attached hydrogen (secondary N) is 2. The number of aromatic amines is 1. The van der Waals surface area contributed by atoms with Crippen LogP contribution in [0.1, 0.15) is 16.8 Å². The number of halogens is 1. The molecule has 0 saturated heterocycles. The van der Waals surface area contributed by atoms with Crippen LogP contribution in [0.5, 0.6) is 0 Å². The predicted octanol–water partition coefficient (Wildman–Crippen LogP) is 3.89. The van der Waals surface area contributed by atoms with Crippen molar-refractivity contribution in [1.29, 1.82) is 0 Å². The van der Waals surface area contributed by atoms with Crippen LogP contribution in [0.15, 0.2) is 41.2 Å². The number of aromatic nitrogens is 3. The molecule has 0 fully saturated rings. The minimum Gasteiger partial charge on any atom is -0.327 e. The van der Waals surface area contributed by atoms with Gasteiger partial charge in [-0.2, -0.15) is 0 Å². The van der Waals surface area contributed by atoms with Crippen LogP contribution in [0.25, 0.3) is 27.9 Å². The Labute approximate surface area is 166 Å². The Morgan fingerprint density at radius 2 is 2.07 bits per heavy atom. The smallest absolute Gasteiger partial charge is 0.258 e. The molecule has 4 rings (SSSR count). The number of hydrogen-bond acceptors (Lipinski definition) is 4. The van der Waals surface area contributed by atoms with Gasteiger partial charge < -0.3 is 20.6 Å². The lowest BCUT2D eigenvalue weighted by atomic mass is 10.0. The Kier molecular flexibility index (Phi) is 4.68. The normalized spacial score (nSPS) is 11.8. The van der Waals surface area contributed by atoms with Crippen LogP contribution >= 0.6 is 0 Å². The predicted molar refractivity (Wildman–Crippen MR) is 116 cm³/mol. The molecule has 0 radical (unpaired) electrons. The van der Waals surface area contributed by atoms with Gasteiger partial charge >= 0.3 is 0 Å². The summed E-state index contributed by atoms with van der Waals surface area (Å²) in [7, 11) is 1.85. The maximum absolute atomic E-state index is 13.4. The van der Waals surface area contributed by atoms with Gasteiger partial charge in [-0.1, -0.05) is 12.1 Å². The molecule has 4 N–H and O–H groups in total. The van der Waals surface area contributed by atoms with Crippen molar-refractivity contribution in [3.05, 3.63) is 69.4 Å². The first kappa shape index (κ1) is 18.9. The van der Waals surface area contributed by atoms with Crippen molar-refractivity contribution in [2.24, 2.45) is 12.8 Å². The van der Waals surface area contributed by atoms with Crippen LogP contribution in [0, 0.1) is 19.7 Å². The van der Waals surface area contributed by atoms with E-state index in [0.717, 1.165) is 33.4 Å². The SMILES string of the molecule is Cc1cc(F)ccc1Nc1nc2ccc3c(C)c(C=CCN)[nH]c(=O)c3c2n1C. The molecule has 0 amide bonds. The highest BCUT2D eigenvalue weighted by atomic mass is 19.1. The highest BCUT2D eigenvalue weighted by molar-refractivity contribution is 6.06. The molecule has 0 atom stereocenters. The number of aryl methyl sites for hydroxylation is 3. The van der Waals surface area contributed by atoms with Crippen molar-refractivity contribution < 1.29 is 4.39 Å². The van der Waals surface area contributed by atoms with Crippen molar-refractivity contribution in [1.82, 2.24) is 14.5 Å². The number of hydrogen-bond donors (Lipinski definition) is 3. The van der Waals surface area contributed by atoms with Gasteiger partial charge in [0.1, 0.15) is 5.82 Å². The average molecular weight is 391 g/mol. The second-order valence-corrected chi connectivity index (χ2v) is 7.07. The number of fused-ring (bicyclic) bond motifs is 3. The molecule has 2 aromatic heterocycles. The molecule has 0 aliphatic heterocycles. The fraction of sp³-hybridized carbons (Fsp3) is 0.182. The fourth-order valence-corrected chi connectivity index (χ4v) is 3.62. The molecule has 0 bridgehead atoms. The number of imidazole rings is 1. The molecule has 0 aliphatic rings. The third kappa shape index (κ3) is 3.19. The number of nitrogens with two attached hydrogens (primary N) is 1. The lowest BCUT2D eigenvalue weighted by Gasteiger charge is -2.10. The van der Waals surface area contributed by atoms with E-state index in [4.69, 9.17) is 5.73 Å². The van der Waals surface area contributed by atoms with E-state index in [2.05, 4.69) is 15.3 Å². The van der Waals surface area contributed by atoms with Gasteiger partial charge in [0.05, 0.1) is 16.4 Å². The maximum Gasteiger partial charge on any atom is 0.258 e. The third-order valence-corrected chi connectivity index (χ3v) is 5.17. The summed E-state index contributed by atoms with van der Waals surface area (Å²) in [5.74, 6) is 0.289. The van der Waals surface area contributed by atoms with Crippen molar-refractivity contribution in [2.75, 3.05) is 11.9 Å².